The predicted molar refractivity (Wildman–Crippen MR) is 109 cm³/mol. The molecule has 1 heterocycles. The van der Waals surface area contributed by atoms with Crippen LogP contribution in [0.25, 0.3) is 11.3 Å². The monoisotopic (exact) mass is 394 g/mol. The van der Waals surface area contributed by atoms with Crippen LogP contribution in [-0.4, -0.2) is 23.1 Å². The second-order valence-corrected chi connectivity index (χ2v) is 6.55. The van der Waals surface area contributed by atoms with Crippen molar-refractivity contribution in [2.45, 2.75) is 6.92 Å². The van der Waals surface area contributed by atoms with Gasteiger partial charge in [0.2, 0.25) is 0 Å². The fraction of sp³-hybridized carbons (Fsp3) is 0.100. The fourth-order valence-corrected chi connectivity index (χ4v) is 2.98. The van der Waals surface area contributed by atoms with Gasteiger partial charge in [0.25, 0.3) is 5.91 Å². The van der Waals surface area contributed by atoms with Crippen molar-refractivity contribution in [1.29, 1.82) is 0 Å². The molecule has 0 saturated heterocycles. The number of thiazole rings is 1. The zero-order valence-corrected chi connectivity index (χ0v) is 16.1. The van der Waals surface area contributed by atoms with Crippen LogP contribution in [0, 0.1) is 0 Å². The highest BCUT2D eigenvalue weighted by Crippen LogP contribution is 2.27. The third-order valence-electron chi connectivity index (χ3n) is 3.69. The second kappa shape index (κ2) is 8.92. The summed E-state index contributed by atoms with van der Waals surface area (Å²) in [6, 6.07) is 16.4. The Balaban J connectivity index is 1.73. The topological polar surface area (TPSA) is 96.2 Å². The van der Waals surface area contributed by atoms with Crippen LogP contribution >= 0.6 is 11.3 Å². The lowest BCUT2D eigenvalue weighted by Crippen LogP contribution is -2.14. The van der Waals surface area contributed by atoms with Crippen molar-refractivity contribution in [3.63, 3.8) is 0 Å². The van der Waals surface area contributed by atoms with E-state index in [1.165, 1.54) is 18.3 Å². The van der Waals surface area contributed by atoms with Crippen molar-refractivity contribution in [3.05, 3.63) is 71.4 Å². The number of aliphatic hydroxyl groups is 1. The van der Waals surface area contributed by atoms with Gasteiger partial charge in [0, 0.05) is 10.9 Å². The number of hydrogen-bond acceptors (Lipinski definition) is 7. The molecule has 0 aliphatic carbocycles. The Kier molecular flexibility index (Phi) is 6.13. The number of ether oxygens (including phenoxy) is 1. The van der Waals surface area contributed by atoms with E-state index in [1.54, 1.807) is 31.4 Å². The van der Waals surface area contributed by atoms with E-state index in [0.29, 0.717) is 10.8 Å². The van der Waals surface area contributed by atoms with Crippen LogP contribution in [-0.2, 0) is 4.79 Å². The van der Waals surface area contributed by atoms with Gasteiger partial charge in [-0.3, -0.25) is 10.1 Å². The van der Waals surface area contributed by atoms with Gasteiger partial charge >= 0.3 is 0 Å². The van der Waals surface area contributed by atoms with Crippen LogP contribution in [0.3, 0.4) is 0 Å². The molecule has 7 nitrogen and oxygen atoms in total. The van der Waals surface area contributed by atoms with E-state index in [-0.39, 0.29) is 11.5 Å². The van der Waals surface area contributed by atoms with Gasteiger partial charge in [-0.25, -0.2) is 4.98 Å². The minimum absolute atomic E-state index is 0.176. The van der Waals surface area contributed by atoms with Crippen molar-refractivity contribution >= 4 is 28.1 Å². The summed E-state index contributed by atoms with van der Waals surface area (Å²) in [4.78, 5) is 16.9. The van der Waals surface area contributed by atoms with Gasteiger partial charge < -0.3 is 9.84 Å². The Bertz CT molecular complexity index is 1010. The summed E-state index contributed by atoms with van der Waals surface area (Å²) in [6.45, 7) is 1.38. The lowest BCUT2D eigenvalue weighted by molar-refractivity contribution is -0.113. The fourth-order valence-electron chi connectivity index (χ4n) is 2.27. The molecule has 0 unspecified atom stereocenters. The molecular weight excluding hydrogens is 376 g/mol. The van der Waals surface area contributed by atoms with Gasteiger partial charge in [0.1, 0.15) is 11.5 Å². The predicted octanol–water partition coefficient (Wildman–Crippen LogP) is 5.33. The van der Waals surface area contributed by atoms with Crippen LogP contribution in [0.2, 0.25) is 0 Å². The van der Waals surface area contributed by atoms with Crippen LogP contribution in [0.5, 0.6) is 5.75 Å². The molecule has 142 valence electrons. The first-order valence-corrected chi connectivity index (χ1v) is 9.22. The van der Waals surface area contributed by atoms with Crippen molar-refractivity contribution in [3.8, 4) is 17.0 Å². The molecule has 0 aliphatic heterocycles. The minimum atomic E-state index is -0.588. The highest BCUT2D eigenvalue weighted by atomic mass is 32.1. The number of nitrogens with zero attached hydrogens (tertiary/aromatic N) is 3. The van der Waals surface area contributed by atoms with Gasteiger partial charge in [-0.15, -0.1) is 16.5 Å². The number of carbonyl (C=O) groups is 1. The molecule has 2 N–H and O–H groups in total. The Morgan fingerprint density at radius 3 is 2.50 bits per heavy atom. The molecule has 1 amide bonds. The van der Waals surface area contributed by atoms with Crippen LogP contribution in [0.4, 0.5) is 10.8 Å². The summed E-state index contributed by atoms with van der Waals surface area (Å²) in [5.74, 6) is -0.0658. The first-order chi connectivity index (χ1) is 13.6. The standard InChI is InChI=1S/C20H18N4O3S/c1-13(25)18(24-23-15-6-4-3-5-7-15)19(26)22-20-21-17(12-28-20)14-8-10-16(27-2)11-9-14/h3-12,25H,1-2H3,(H,21,22,26)/b18-13-,24-23?. The van der Waals surface area contributed by atoms with Gasteiger partial charge in [0.05, 0.1) is 18.5 Å². The number of aliphatic hydroxyl groups excluding tert-OH is 1. The molecule has 0 aliphatic rings. The molecule has 3 rings (SSSR count). The third kappa shape index (κ3) is 4.80. The average molecular weight is 394 g/mol. The highest BCUT2D eigenvalue weighted by Gasteiger charge is 2.15. The van der Waals surface area contributed by atoms with E-state index in [0.717, 1.165) is 17.0 Å². The van der Waals surface area contributed by atoms with Crippen LogP contribution < -0.4 is 10.1 Å². The molecule has 2 aromatic carbocycles. The molecule has 0 spiro atoms. The summed E-state index contributed by atoms with van der Waals surface area (Å²) >= 11 is 1.28. The molecule has 0 atom stereocenters. The number of carbonyl (C=O) groups excluding carboxylic acids is 1. The molecule has 0 fully saturated rings. The summed E-state index contributed by atoms with van der Waals surface area (Å²) in [5, 5.41) is 22.5. The number of anilines is 1. The zero-order valence-electron chi connectivity index (χ0n) is 15.3. The molecule has 28 heavy (non-hydrogen) atoms. The summed E-state index contributed by atoms with van der Waals surface area (Å²) in [6.07, 6.45) is 0. The summed E-state index contributed by atoms with van der Waals surface area (Å²) in [5.41, 5.74) is 2.02. The molecule has 0 bridgehead atoms. The summed E-state index contributed by atoms with van der Waals surface area (Å²) in [7, 11) is 1.61. The Morgan fingerprint density at radius 2 is 1.86 bits per heavy atom. The van der Waals surface area contributed by atoms with E-state index in [2.05, 4.69) is 20.5 Å². The van der Waals surface area contributed by atoms with Crippen LogP contribution in [0.15, 0.2) is 81.7 Å². The number of amides is 1. The van der Waals surface area contributed by atoms with Gasteiger partial charge in [-0.2, -0.15) is 5.11 Å². The SMILES string of the molecule is COc1ccc(-c2csc(NC(=O)/C(N=Nc3ccccc3)=C(\C)O)n2)cc1. The molecule has 8 heteroatoms. The number of aromatic nitrogens is 1. The molecule has 0 radical (unpaired) electrons. The number of azo groups is 1. The maximum Gasteiger partial charge on any atom is 0.281 e. The van der Waals surface area contributed by atoms with Crippen molar-refractivity contribution < 1.29 is 14.6 Å². The van der Waals surface area contributed by atoms with E-state index < -0.39 is 5.91 Å². The Labute approximate surface area is 166 Å². The van der Waals surface area contributed by atoms with Crippen LogP contribution in [0.1, 0.15) is 6.92 Å². The minimum Gasteiger partial charge on any atom is -0.510 e. The summed E-state index contributed by atoms with van der Waals surface area (Å²) < 4.78 is 5.14. The van der Waals surface area contributed by atoms with Gasteiger partial charge in [-0.05, 0) is 43.3 Å². The second-order valence-electron chi connectivity index (χ2n) is 5.69. The number of allylic oxidation sites excluding steroid dienone is 1. The first kappa shape index (κ1) is 19.2. The number of benzene rings is 2. The molecule has 1 aromatic heterocycles. The lowest BCUT2D eigenvalue weighted by atomic mass is 10.2. The van der Waals surface area contributed by atoms with E-state index in [4.69, 9.17) is 4.74 Å². The largest absolute Gasteiger partial charge is 0.510 e. The lowest BCUT2D eigenvalue weighted by Gasteiger charge is -2.03. The van der Waals surface area contributed by atoms with Crippen molar-refractivity contribution in [2.24, 2.45) is 10.2 Å². The normalized spacial score (nSPS) is 11.9. The number of hydrogen-bond donors (Lipinski definition) is 2. The number of methoxy groups -OCH3 is 1. The van der Waals surface area contributed by atoms with Crippen molar-refractivity contribution in [1.82, 2.24) is 4.98 Å². The average Bonchev–Trinajstić information content (AvgIpc) is 3.17. The highest BCUT2D eigenvalue weighted by molar-refractivity contribution is 7.14. The maximum absolute atomic E-state index is 12.5. The maximum atomic E-state index is 12.5. The smallest absolute Gasteiger partial charge is 0.281 e. The zero-order chi connectivity index (χ0) is 19.9. The first-order valence-electron chi connectivity index (χ1n) is 8.35. The van der Waals surface area contributed by atoms with Gasteiger partial charge in [-0.1, -0.05) is 18.2 Å². The molecular formula is C20H18N4O3S. The quantitative estimate of drug-likeness (QED) is 0.335. The molecule has 3 aromatic rings. The van der Waals surface area contributed by atoms with Crippen molar-refractivity contribution in [2.75, 3.05) is 12.4 Å². The third-order valence-corrected chi connectivity index (χ3v) is 4.45. The Hall–Kier alpha value is -3.52. The van der Waals surface area contributed by atoms with E-state index in [9.17, 15) is 9.90 Å². The Morgan fingerprint density at radius 1 is 1.14 bits per heavy atom. The molecule has 0 saturated carbocycles. The van der Waals surface area contributed by atoms with E-state index >= 15 is 0 Å². The van der Waals surface area contributed by atoms with Gasteiger partial charge in [0.15, 0.2) is 10.8 Å². The number of rotatable bonds is 6. The number of nitrogens with one attached hydrogen (secondary N) is 1. The van der Waals surface area contributed by atoms with E-state index in [1.807, 2.05) is 35.7 Å².